The van der Waals surface area contributed by atoms with Crippen molar-refractivity contribution in [1.82, 2.24) is 9.97 Å². The molecule has 1 aromatic carbocycles. The molecule has 2 aromatic rings. The summed E-state index contributed by atoms with van der Waals surface area (Å²) in [7, 11) is 0. The number of aromatic nitrogens is 2. The van der Waals surface area contributed by atoms with Crippen LogP contribution >= 0.6 is 0 Å². The maximum absolute atomic E-state index is 5.99. The van der Waals surface area contributed by atoms with Gasteiger partial charge >= 0.3 is 0 Å². The molecule has 106 valence electrons. The number of nitrogens with two attached hydrogens (primary N) is 1. The van der Waals surface area contributed by atoms with Crippen LogP contribution in [-0.2, 0) is 6.42 Å². The summed E-state index contributed by atoms with van der Waals surface area (Å²) in [5.41, 5.74) is 7.73. The van der Waals surface area contributed by atoms with Gasteiger partial charge in [0.1, 0.15) is 12.0 Å². The zero-order chi connectivity index (χ0) is 14.2. The van der Waals surface area contributed by atoms with Crippen LogP contribution in [0.25, 0.3) is 0 Å². The quantitative estimate of drug-likeness (QED) is 0.810. The van der Waals surface area contributed by atoms with Crippen LogP contribution in [0.2, 0.25) is 0 Å². The highest BCUT2D eigenvalue weighted by molar-refractivity contribution is 5.66. The highest BCUT2D eigenvalue weighted by Crippen LogP contribution is 2.24. The van der Waals surface area contributed by atoms with E-state index in [1.54, 1.807) is 0 Å². The lowest BCUT2D eigenvalue weighted by molar-refractivity contribution is 0.306. The minimum absolute atomic E-state index is 0.448. The third-order valence-electron chi connectivity index (χ3n) is 2.84. The summed E-state index contributed by atoms with van der Waals surface area (Å²) < 4.78 is 5.48. The van der Waals surface area contributed by atoms with Crippen molar-refractivity contribution in [3.63, 3.8) is 0 Å². The number of hydrogen-bond acceptors (Lipinski definition) is 5. The minimum atomic E-state index is 0.448. The van der Waals surface area contributed by atoms with E-state index in [0.717, 1.165) is 19.4 Å². The smallest absolute Gasteiger partial charge is 0.242 e. The Morgan fingerprint density at radius 1 is 1.20 bits per heavy atom. The molecule has 20 heavy (non-hydrogen) atoms. The summed E-state index contributed by atoms with van der Waals surface area (Å²) in [6.45, 7) is 3.40. The van der Waals surface area contributed by atoms with Crippen LogP contribution in [0, 0.1) is 0 Å². The van der Waals surface area contributed by atoms with Crippen LogP contribution in [0.1, 0.15) is 18.9 Å². The number of ether oxygens (including phenoxy) is 1. The van der Waals surface area contributed by atoms with Gasteiger partial charge in [-0.2, -0.15) is 4.98 Å². The van der Waals surface area contributed by atoms with Crippen LogP contribution in [0.4, 0.5) is 11.5 Å². The fraction of sp³-hybridized carbons (Fsp3) is 0.333. The molecule has 0 amide bonds. The summed E-state index contributed by atoms with van der Waals surface area (Å²) in [6.07, 6.45) is 3.29. The standard InChI is InChI=1S/C15H20N4O/c1-2-10-20-15-13(16)14(18-11-19-15)17-9-8-12-6-4-3-5-7-12/h3-7,11H,2,8-10,16H2,1H3,(H,17,18,19). The first-order valence-corrected chi connectivity index (χ1v) is 6.82. The predicted octanol–water partition coefficient (Wildman–Crippen LogP) is 2.50. The SMILES string of the molecule is CCCOc1ncnc(NCCc2ccccc2)c1N. The largest absolute Gasteiger partial charge is 0.476 e. The van der Waals surface area contributed by atoms with E-state index in [2.05, 4.69) is 27.4 Å². The highest BCUT2D eigenvalue weighted by Gasteiger charge is 2.08. The number of hydrogen-bond donors (Lipinski definition) is 2. The molecule has 0 radical (unpaired) electrons. The molecule has 5 heteroatoms. The first kappa shape index (κ1) is 14.1. The van der Waals surface area contributed by atoms with E-state index in [0.29, 0.717) is 24.0 Å². The van der Waals surface area contributed by atoms with Gasteiger partial charge in [0.2, 0.25) is 5.88 Å². The first-order chi connectivity index (χ1) is 9.81. The average molecular weight is 272 g/mol. The second kappa shape index (κ2) is 7.33. The van der Waals surface area contributed by atoms with E-state index in [-0.39, 0.29) is 0 Å². The number of nitrogens with zero attached hydrogens (tertiary/aromatic N) is 2. The predicted molar refractivity (Wildman–Crippen MR) is 80.9 cm³/mol. The van der Waals surface area contributed by atoms with Gasteiger partial charge < -0.3 is 15.8 Å². The van der Waals surface area contributed by atoms with Gasteiger partial charge in [-0.15, -0.1) is 0 Å². The van der Waals surface area contributed by atoms with Crippen molar-refractivity contribution < 1.29 is 4.74 Å². The topological polar surface area (TPSA) is 73.1 Å². The molecule has 0 bridgehead atoms. The molecule has 0 aliphatic carbocycles. The van der Waals surface area contributed by atoms with Gasteiger partial charge in [-0.05, 0) is 18.4 Å². The van der Waals surface area contributed by atoms with Crippen molar-refractivity contribution in [2.75, 3.05) is 24.2 Å². The third-order valence-corrected chi connectivity index (χ3v) is 2.84. The van der Waals surface area contributed by atoms with E-state index >= 15 is 0 Å². The van der Waals surface area contributed by atoms with E-state index in [1.807, 2.05) is 25.1 Å². The Morgan fingerprint density at radius 3 is 2.75 bits per heavy atom. The number of nitrogen functional groups attached to an aromatic ring is 1. The number of rotatable bonds is 7. The molecule has 1 heterocycles. The molecule has 1 aromatic heterocycles. The van der Waals surface area contributed by atoms with Crippen LogP contribution in [0.5, 0.6) is 5.88 Å². The molecule has 3 N–H and O–H groups in total. The second-order valence-corrected chi connectivity index (χ2v) is 4.45. The van der Waals surface area contributed by atoms with E-state index < -0.39 is 0 Å². The van der Waals surface area contributed by atoms with Gasteiger partial charge in [0, 0.05) is 6.54 Å². The number of nitrogens with one attached hydrogen (secondary N) is 1. The lowest BCUT2D eigenvalue weighted by atomic mass is 10.1. The molecule has 0 aliphatic heterocycles. The maximum atomic E-state index is 5.99. The zero-order valence-corrected chi connectivity index (χ0v) is 11.7. The van der Waals surface area contributed by atoms with Crippen molar-refractivity contribution in [2.24, 2.45) is 0 Å². The Morgan fingerprint density at radius 2 is 2.00 bits per heavy atom. The molecule has 2 rings (SSSR count). The Hall–Kier alpha value is -2.30. The van der Waals surface area contributed by atoms with Gasteiger partial charge in [-0.1, -0.05) is 37.3 Å². The van der Waals surface area contributed by atoms with Gasteiger partial charge in [0.15, 0.2) is 5.82 Å². The van der Waals surface area contributed by atoms with Crippen LogP contribution in [-0.4, -0.2) is 23.1 Å². The number of benzene rings is 1. The van der Waals surface area contributed by atoms with Gasteiger partial charge in [-0.25, -0.2) is 4.98 Å². The Bertz CT molecular complexity index is 531. The zero-order valence-electron chi connectivity index (χ0n) is 11.7. The lowest BCUT2D eigenvalue weighted by Gasteiger charge is -2.11. The fourth-order valence-electron chi connectivity index (χ4n) is 1.80. The van der Waals surface area contributed by atoms with Crippen LogP contribution < -0.4 is 15.8 Å². The van der Waals surface area contributed by atoms with E-state index in [4.69, 9.17) is 10.5 Å². The molecular formula is C15H20N4O. The van der Waals surface area contributed by atoms with Gasteiger partial charge in [0.25, 0.3) is 0 Å². The van der Waals surface area contributed by atoms with Gasteiger partial charge in [0.05, 0.1) is 6.61 Å². The monoisotopic (exact) mass is 272 g/mol. The molecule has 0 unspecified atom stereocenters. The fourth-order valence-corrected chi connectivity index (χ4v) is 1.80. The Kier molecular flexibility index (Phi) is 5.17. The highest BCUT2D eigenvalue weighted by atomic mass is 16.5. The maximum Gasteiger partial charge on any atom is 0.242 e. The van der Waals surface area contributed by atoms with E-state index in [9.17, 15) is 0 Å². The Balaban J connectivity index is 1.92. The molecule has 0 saturated heterocycles. The molecule has 0 atom stereocenters. The summed E-state index contributed by atoms with van der Waals surface area (Å²) in [5.74, 6) is 1.08. The lowest BCUT2D eigenvalue weighted by Crippen LogP contribution is -2.10. The molecule has 0 saturated carbocycles. The van der Waals surface area contributed by atoms with Crippen molar-refractivity contribution in [1.29, 1.82) is 0 Å². The van der Waals surface area contributed by atoms with Crippen molar-refractivity contribution in [3.05, 3.63) is 42.2 Å². The third kappa shape index (κ3) is 3.85. The minimum Gasteiger partial charge on any atom is -0.476 e. The first-order valence-electron chi connectivity index (χ1n) is 6.82. The average Bonchev–Trinajstić information content (AvgIpc) is 2.49. The summed E-state index contributed by atoms with van der Waals surface area (Å²) in [6, 6.07) is 10.3. The molecule has 5 nitrogen and oxygen atoms in total. The van der Waals surface area contributed by atoms with Crippen molar-refractivity contribution in [2.45, 2.75) is 19.8 Å². The van der Waals surface area contributed by atoms with Crippen LogP contribution in [0.15, 0.2) is 36.7 Å². The summed E-state index contributed by atoms with van der Waals surface area (Å²) in [5, 5.41) is 3.22. The molecule has 0 aliphatic rings. The van der Waals surface area contributed by atoms with Crippen molar-refractivity contribution >= 4 is 11.5 Å². The second-order valence-electron chi connectivity index (χ2n) is 4.45. The summed E-state index contributed by atoms with van der Waals surface area (Å²) in [4.78, 5) is 8.20. The molecule has 0 fully saturated rings. The molecule has 0 spiro atoms. The van der Waals surface area contributed by atoms with Gasteiger partial charge in [-0.3, -0.25) is 0 Å². The Labute approximate surface area is 119 Å². The molecular weight excluding hydrogens is 252 g/mol. The van der Waals surface area contributed by atoms with E-state index in [1.165, 1.54) is 11.9 Å². The van der Waals surface area contributed by atoms with Crippen LogP contribution in [0.3, 0.4) is 0 Å². The van der Waals surface area contributed by atoms with Crippen molar-refractivity contribution in [3.8, 4) is 5.88 Å². The number of anilines is 2. The normalized spacial score (nSPS) is 10.2. The summed E-state index contributed by atoms with van der Waals surface area (Å²) >= 11 is 0.